The number of rotatable bonds is 8. The first kappa shape index (κ1) is 30.5. The van der Waals surface area contributed by atoms with Gasteiger partial charge in [0.15, 0.2) is 0 Å². The highest BCUT2D eigenvalue weighted by Crippen LogP contribution is 2.37. The van der Waals surface area contributed by atoms with Gasteiger partial charge in [0.2, 0.25) is 0 Å². The monoisotopic (exact) mass is 552 g/mol. The molecule has 3 aromatic carbocycles. The van der Waals surface area contributed by atoms with E-state index in [4.69, 9.17) is 4.98 Å². The van der Waals surface area contributed by atoms with Crippen molar-refractivity contribution in [2.45, 2.75) is 62.3 Å². The first-order valence-corrected chi connectivity index (χ1v) is 14.7. The topological polar surface area (TPSA) is 17.8 Å². The second-order valence-corrected chi connectivity index (χ2v) is 11.4. The van der Waals surface area contributed by atoms with Crippen molar-refractivity contribution in [3.05, 3.63) is 148 Å². The lowest BCUT2D eigenvalue weighted by Crippen LogP contribution is -2.05. The Bertz CT molecular complexity index is 1720. The van der Waals surface area contributed by atoms with Crippen LogP contribution in [0.2, 0.25) is 0 Å². The van der Waals surface area contributed by atoms with Crippen molar-refractivity contribution >= 4 is 16.7 Å². The van der Waals surface area contributed by atoms with Crippen molar-refractivity contribution in [1.29, 1.82) is 0 Å². The van der Waals surface area contributed by atoms with Crippen LogP contribution in [0.3, 0.4) is 0 Å². The third kappa shape index (κ3) is 6.09. The number of hydrogen-bond acceptors (Lipinski definition) is 1. The van der Waals surface area contributed by atoms with Gasteiger partial charge in [-0.2, -0.15) is 0 Å². The van der Waals surface area contributed by atoms with E-state index in [9.17, 15) is 0 Å². The molecule has 4 rings (SSSR count). The van der Waals surface area contributed by atoms with E-state index in [1.807, 2.05) is 12.3 Å². The van der Waals surface area contributed by atoms with E-state index in [2.05, 4.69) is 152 Å². The van der Waals surface area contributed by atoms with Crippen molar-refractivity contribution in [3.63, 3.8) is 0 Å². The zero-order valence-electron chi connectivity index (χ0n) is 26.8. The van der Waals surface area contributed by atoms with Crippen LogP contribution < -0.4 is 0 Å². The minimum Gasteiger partial charge on any atom is -0.299 e. The average molecular weight is 553 g/mol. The van der Waals surface area contributed by atoms with Crippen molar-refractivity contribution in [2.24, 2.45) is 0 Å². The molecule has 0 saturated carbocycles. The predicted octanol–water partition coefficient (Wildman–Crippen LogP) is 11.2. The molecular weight excluding hydrogens is 508 g/mol. The van der Waals surface area contributed by atoms with Gasteiger partial charge < -0.3 is 0 Å². The number of hydrogen-bond donors (Lipinski definition) is 0. The van der Waals surface area contributed by atoms with Gasteiger partial charge in [0.05, 0.1) is 5.69 Å². The molecule has 0 fully saturated rings. The largest absolute Gasteiger partial charge is 0.299 e. The Morgan fingerprint density at radius 1 is 0.833 bits per heavy atom. The molecular formula is C40H44N2. The van der Waals surface area contributed by atoms with Crippen molar-refractivity contribution < 1.29 is 0 Å². The van der Waals surface area contributed by atoms with Gasteiger partial charge in [0.25, 0.3) is 0 Å². The van der Waals surface area contributed by atoms with Crippen LogP contribution in [0.1, 0.15) is 73.8 Å². The molecule has 4 aromatic rings. The summed E-state index contributed by atoms with van der Waals surface area (Å²) in [4.78, 5) is 4.92. The molecule has 1 aromatic heterocycles. The predicted molar refractivity (Wildman–Crippen MR) is 184 cm³/mol. The molecule has 42 heavy (non-hydrogen) atoms. The van der Waals surface area contributed by atoms with Gasteiger partial charge in [0, 0.05) is 23.5 Å². The fourth-order valence-corrected chi connectivity index (χ4v) is 6.23. The lowest BCUT2D eigenvalue weighted by Gasteiger charge is -2.21. The zero-order chi connectivity index (χ0) is 30.6. The van der Waals surface area contributed by atoms with Gasteiger partial charge in [-0.15, -0.1) is 0 Å². The number of aromatic nitrogens is 2. The highest BCUT2D eigenvalue weighted by Gasteiger charge is 2.19. The van der Waals surface area contributed by atoms with Crippen LogP contribution in [0.25, 0.3) is 33.5 Å². The molecule has 2 heteroatoms. The third-order valence-electron chi connectivity index (χ3n) is 8.02. The Balaban J connectivity index is 2.00. The van der Waals surface area contributed by atoms with E-state index >= 15 is 0 Å². The summed E-state index contributed by atoms with van der Waals surface area (Å²) in [5.41, 5.74) is 17.1. The molecule has 0 aliphatic rings. The average Bonchev–Trinajstić information content (AvgIpc) is 3.42. The van der Waals surface area contributed by atoms with E-state index in [-0.39, 0.29) is 0 Å². The van der Waals surface area contributed by atoms with Gasteiger partial charge >= 0.3 is 0 Å². The normalized spacial score (nSPS) is 12.5. The van der Waals surface area contributed by atoms with Crippen molar-refractivity contribution in [2.75, 3.05) is 0 Å². The Hall–Kier alpha value is -4.43. The number of nitrogens with zero attached hydrogens (tertiary/aromatic N) is 2. The summed E-state index contributed by atoms with van der Waals surface area (Å²) in [5.74, 6) is 0.918. The highest BCUT2D eigenvalue weighted by molar-refractivity contribution is 5.88. The number of allylic oxidation sites excluding steroid dienone is 9. The van der Waals surface area contributed by atoms with E-state index in [0.717, 1.165) is 17.1 Å². The van der Waals surface area contributed by atoms with Crippen LogP contribution in [0.4, 0.5) is 0 Å². The summed E-state index contributed by atoms with van der Waals surface area (Å²) in [6.07, 6.45) is 12.4. The number of aryl methyl sites for hydroxylation is 4. The molecule has 0 aliphatic heterocycles. The Morgan fingerprint density at radius 2 is 1.45 bits per heavy atom. The summed E-state index contributed by atoms with van der Waals surface area (Å²) < 4.78 is 2.25. The SMILES string of the molecule is C=C/C=C(/C)C(=C(C)C)c1ccc(-c2c(C)cccc2C)cc1-n1ccnc1C(/C=C(\C)c1c(C)cccc1C)=C/C. The lowest BCUT2D eigenvalue weighted by molar-refractivity contribution is 1.02. The van der Waals surface area contributed by atoms with Crippen molar-refractivity contribution in [1.82, 2.24) is 9.55 Å². The van der Waals surface area contributed by atoms with Gasteiger partial charge in [-0.1, -0.05) is 78.9 Å². The fraction of sp³-hybridized carbons (Fsp3) is 0.225. The second kappa shape index (κ2) is 13.0. The summed E-state index contributed by atoms with van der Waals surface area (Å²) in [6, 6.07) is 19.9. The maximum absolute atomic E-state index is 4.92. The van der Waals surface area contributed by atoms with Crippen molar-refractivity contribution in [3.8, 4) is 16.8 Å². The Morgan fingerprint density at radius 3 is 2.02 bits per heavy atom. The molecule has 0 aliphatic carbocycles. The summed E-state index contributed by atoms with van der Waals surface area (Å²) >= 11 is 0. The minimum atomic E-state index is 0.918. The summed E-state index contributed by atoms with van der Waals surface area (Å²) in [7, 11) is 0. The first-order valence-electron chi connectivity index (χ1n) is 14.7. The van der Waals surface area contributed by atoms with Gasteiger partial charge in [-0.25, -0.2) is 4.98 Å². The van der Waals surface area contributed by atoms with E-state index in [1.165, 1.54) is 66.8 Å². The highest BCUT2D eigenvalue weighted by atomic mass is 15.1. The van der Waals surface area contributed by atoms with E-state index in [1.54, 1.807) is 0 Å². The number of imidazole rings is 1. The van der Waals surface area contributed by atoms with Crippen LogP contribution in [0.5, 0.6) is 0 Å². The molecule has 0 N–H and O–H groups in total. The lowest BCUT2D eigenvalue weighted by atomic mass is 9.89. The molecule has 0 amide bonds. The van der Waals surface area contributed by atoms with Crippen LogP contribution in [-0.2, 0) is 0 Å². The maximum atomic E-state index is 4.92. The summed E-state index contributed by atoms with van der Waals surface area (Å²) in [6.45, 7) is 23.5. The summed E-state index contributed by atoms with van der Waals surface area (Å²) in [5, 5.41) is 0. The quantitative estimate of drug-likeness (QED) is 0.199. The molecule has 2 nitrogen and oxygen atoms in total. The molecule has 1 heterocycles. The minimum absolute atomic E-state index is 0.918. The molecule has 0 atom stereocenters. The molecule has 0 unspecified atom stereocenters. The maximum Gasteiger partial charge on any atom is 0.144 e. The smallest absolute Gasteiger partial charge is 0.144 e. The molecule has 214 valence electrons. The third-order valence-corrected chi connectivity index (χ3v) is 8.02. The molecule has 0 saturated heterocycles. The number of benzene rings is 3. The molecule has 0 spiro atoms. The molecule has 0 bridgehead atoms. The fourth-order valence-electron chi connectivity index (χ4n) is 6.23. The second-order valence-electron chi connectivity index (χ2n) is 11.4. The first-order chi connectivity index (χ1) is 20.1. The van der Waals surface area contributed by atoms with E-state index in [0.29, 0.717) is 0 Å². The standard InChI is InChI=1S/C40H44N2/c1-11-15-27(5)37(26(3)4)35-21-20-34(39-30(8)18-14-19-31(39)9)25-36(35)42-23-22-41-40(42)33(12-2)24-32(10)38-28(6)16-13-17-29(38)7/h11-25H,1H2,2-10H3/b27-15-,32-24+,33-12+. The van der Waals surface area contributed by atoms with E-state index < -0.39 is 0 Å². The molecule has 0 radical (unpaired) electrons. The van der Waals surface area contributed by atoms with Crippen LogP contribution in [0, 0.1) is 27.7 Å². The van der Waals surface area contributed by atoms with Crippen LogP contribution in [0.15, 0.2) is 109 Å². The van der Waals surface area contributed by atoms with Gasteiger partial charge in [0.1, 0.15) is 5.82 Å². The Kier molecular flexibility index (Phi) is 9.48. The van der Waals surface area contributed by atoms with Crippen LogP contribution in [-0.4, -0.2) is 9.55 Å². The van der Waals surface area contributed by atoms with Crippen LogP contribution >= 0.6 is 0 Å². The zero-order valence-corrected chi connectivity index (χ0v) is 26.8. The van der Waals surface area contributed by atoms with Gasteiger partial charge in [-0.3, -0.25) is 4.57 Å². The Labute approximate surface area is 253 Å². The van der Waals surface area contributed by atoms with Gasteiger partial charge in [-0.05, 0) is 130 Å².